The van der Waals surface area contributed by atoms with Crippen molar-refractivity contribution in [2.75, 3.05) is 11.1 Å². The molecule has 0 saturated carbocycles. The van der Waals surface area contributed by atoms with Crippen molar-refractivity contribution < 1.29 is 4.79 Å². The number of carbonyl (C=O) groups excluding carboxylic acids is 1. The number of fused-ring (bicyclic) bond motifs is 3. The van der Waals surface area contributed by atoms with E-state index in [9.17, 15) is 4.79 Å². The average Bonchev–Trinajstić information content (AvgIpc) is 2.94. The number of benzene rings is 1. The van der Waals surface area contributed by atoms with Crippen LogP contribution in [0.2, 0.25) is 5.15 Å². The monoisotopic (exact) mass is 384 g/mol. The number of nitrogens with one attached hydrogen (secondary N) is 1. The first-order chi connectivity index (χ1) is 12.6. The molecule has 9 heteroatoms. The van der Waals surface area contributed by atoms with Crippen LogP contribution in [0.1, 0.15) is 0 Å². The predicted molar refractivity (Wildman–Crippen MR) is 102 cm³/mol. The van der Waals surface area contributed by atoms with Gasteiger partial charge in [-0.15, -0.1) is 10.2 Å². The molecule has 0 unspecified atom stereocenters. The van der Waals surface area contributed by atoms with E-state index in [-0.39, 0.29) is 16.8 Å². The number of nitrogens with zero attached hydrogens (tertiary/aromatic N) is 5. The van der Waals surface area contributed by atoms with Gasteiger partial charge in [0.05, 0.1) is 17.0 Å². The molecule has 0 saturated heterocycles. The number of amides is 1. The lowest BCUT2D eigenvalue weighted by Crippen LogP contribution is -2.15. The third kappa shape index (κ3) is 3.09. The van der Waals surface area contributed by atoms with Crippen molar-refractivity contribution in [3.05, 3.63) is 47.7 Å². The Hall–Kier alpha value is -2.71. The highest BCUT2D eigenvalue weighted by Gasteiger charge is 2.13. The predicted octanol–water partition coefficient (Wildman–Crippen LogP) is 3.30. The molecule has 1 aromatic carbocycles. The Morgan fingerprint density at radius 2 is 2.08 bits per heavy atom. The summed E-state index contributed by atoms with van der Waals surface area (Å²) in [5.41, 5.74) is 3.00. The second-order valence-corrected chi connectivity index (χ2v) is 6.82. The highest BCUT2D eigenvalue weighted by atomic mass is 35.5. The zero-order chi connectivity index (χ0) is 18.1. The van der Waals surface area contributed by atoms with E-state index in [0.29, 0.717) is 10.8 Å². The molecule has 7 nitrogen and oxygen atoms in total. The van der Waals surface area contributed by atoms with E-state index in [1.54, 1.807) is 18.3 Å². The van der Waals surface area contributed by atoms with E-state index in [1.807, 2.05) is 35.9 Å². The van der Waals surface area contributed by atoms with Crippen molar-refractivity contribution in [1.29, 1.82) is 0 Å². The van der Waals surface area contributed by atoms with Gasteiger partial charge in [-0.1, -0.05) is 41.6 Å². The Morgan fingerprint density at radius 3 is 2.92 bits per heavy atom. The minimum Gasteiger partial charge on any atom is -0.327 e. The van der Waals surface area contributed by atoms with Gasteiger partial charge >= 0.3 is 0 Å². The molecule has 0 aliphatic carbocycles. The molecular weight excluding hydrogens is 372 g/mol. The molecule has 26 heavy (non-hydrogen) atoms. The van der Waals surface area contributed by atoms with Crippen molar-refractivity contribution in [2.45, 2.75) is 5.16 Å². The first kappa shape index (κ1) is 16.7. The Kier molecular flexibility index (Phi) is 4.44. The van der Waals surface area contributed by atoms with Crippen molar-refractivity contribution in [3.8, 4) is 0 Å². The summed E-state index contributed by atoms with van der Waals surface area (Å²) in [7, 11) is 1.94. The summed E-state index contributed by atoms with van der Waals surface area (Å²) >= 11 is 7.15. The number of thioether (sulfide) groups is 1. The molecule has 4 aromatic rings. The molecule has 0 atom stereocenters. The van der Waals surface area contributed by atoms with Gasteiger partial charge in [0.15, 0.2) is 10.8 Å². The van der Waals surface area contributed by atoms with Crippen LogP contribution in [-0.4, -0.2) is 36.4 Å². The number of rotatable bonds is 4. The fourth-order valence-corrected chi connectivity index (χ4v) is 3.40. The maximum absolute atomic E-state index is 12.1. The van der Waals surface area contributed by atoms with Gasteiger partial charge in [0.1, 0.15) is 5.52 Å². The Labute approximate surface area is 157 Å². The second kappa shape index (κ2) is 6.89. The van der Waals surface area contributed by atoms with Gasteiger partial charge in [-0.3, -0.25) is 4.79 Å². The third-order valence-electron chi connectivity index (χ3n) is 3.85. The van der Waals surface area contributed by atoms with Crippen molar-refractivity contribution in [2.24, 2.45) is 7.05 Å². The maximum atomic E-state index is 12.1. The third-order valence-corrected chi connectivity index (χ3v) is 4.99. The van der Waals surface area contributed by atoms with Crippen LogP contribution in [-0.2, 0) is 11.8 Å². The number of hydrogen-bond donors (Lipinski definition) is 1. The van der Waals surface area contributed by atoms with E-state index in [4.69, 9.17) is 11.6 Å². The molecule has 0 spiro atoms. The van der Waals surface area contributed by atoms with Crippen LogP contribution in [0.3, 0.4) is 0 Å². The molecule has 130 valence electrons. The SMILES string of the molecule is Cn1c2ccccc2c2nnc(SCC(=O)Nc3cccnc3Cl)nc21. The topological polar surface area (TPSA) is 85.6 Å². The van der Waals surface area contributed by atoms with Gasteiger partial charge in [0.2, 0.25) is 11.1 Å². The van der Waals surface area contributed by atoms with Crippen LogP contribution in [0.4, 0.5) is 5.69 Å². The van der Waals surface area contributed by atoms with Crippen LogP contribution >= 0.6 is 23.4 Å². The molecular formula is C17H13ClN6OS. The molecule has 4 rings (SSSR count). The van der Waals surface area contributed by atoms with Crippen LogP contribution in [0.5, 0.6) is 0 Å². The number of aromatic nitrogens is 5. The van der Waals surface area contributed by atoms with Crippen molar-refractivity contribution in [3.63, 3.8) is 0 Å². The lowest BCUT2D eigenvalue weighted by molar-refractivity contribution is -0.113. The highest BCUT2D eigenvalue weighted by Crippen LogP contribution is 2.26. The van der Waals surface area contributed by atoms with E-state index in [1.165, 1.54) is 11.8 Å². The van der Waals surface area contributed by atoms with Gasteiger partial charge in [-0.05, 0) is 18.2 Å². The molecule has 3 aromatic heterocycles. The van der Waals surface area contributed by atoms with Crippen molar-refractivity contribution in [1.82, 2.24) is 24.7 Å². The quantitative estimate of drug-likeness (QED) is 0.429. The van der Waals surface area contributed by atoms with Crippen LogP contribution < -0.4 is 5.32 Å². The first-order valence-electron chi connectivity index (χ1n) is 7.74. The molecule has 3 heterocycles. The molecule has 0 aliphatic heterocycles. The van der Waals surface area contributed by atoms with Crippen LogP contribution in [0, 0.1) is 0 Å². The summed E-state index contributed by atoms with van der Waals surface area (Å²) in [6.45, 7) is 0. The fourth-order valence-electron chi connectivity index (χ4n) is 2.65. The number of pyridine rings is 1. The maximum Gasteiger partial charge on any atom is 0.234 e. The summed E-state index contributed by atoms with van der Waals surface area (Å²) in [6.07, 6.45) is 1.56. The van der Waals surface area contributed by atoms with Gasteiger partial charge in [-0.2, -0.15) is 0 Å². The van der Waals surface area contributed by atoms with E-state index in [0.717, 1.165) is 22.1 Å². The van der Waals surface area contributed by atoms with Crippen molar-refractivity contribution >= 4 is 57.0 Å². The number of halogens is 1. The lowest BCUT2D eigenvalue weighted by Gasteiger charge is -2.05. The molecule has 0 bridgehead atoms. The summed E-state index contributed by atoms with van der Waals surface area (Å²) in [6, 6.07) is 11.3. The summed E-state index contributed by atoms with van der Waals surface area (Å²) in [5.74, 6) is -0.0758. The zero-order valence-electron chi connectivity index (χ0n) is 13.7. The second-order valence-electron chi connectivity index (χ2n) is 5.52. The minimum atomic E-state index is -0.217. The Bertz CT molecular complexity index is 1130. The number of aryl methyl sites for hydroxylation is 1. The fraction of sp³-hybridized carbons (Fsp3) is 0.118. The standard InChI is InChI=1S/C17H13ClN6OS/c1-24-12-7-3-2-5-10(12)14-16(24)21-17(23-22-14)26-9-13(25)20-11-6-4-8-19-15(11)18/h2-8H,9H2,1H3,(H,20,25). The number of para-hydroxylation sites is 1. The first-order valence-corrected chi connectivity index (χ1v) is 9.11. The summed E-state index contributed by atoms with van der Waals surface area (Å²) < 4.78 is 1.97. The highest BCUT2D eigenvalue weighted by molar-refractivity contribution is 7.99. The number of anilines is 1. The van der Waals surface area contributed by atoms with Crippen LogP contribution in [0.15, 0.2) is 47.8 Å². The van der Waals surface area contributed by atoms with E-state index >= 15 is 0 Å². The largest absolute Gasteiger partial charge is 0.327 e. The Balaban J connectivity index is 1.52. The summed E-state index contributed by atoms with van der Waals surface area (Å²) in [5, 5.41) is 12.8. The number of hydrogen-bond acceptors (Lipinski definition) is 6. The molecule has 1 N–H and O–H groups in total. The molecule has 0 radical (unpaired) electrons. The summed E-state index contributed by atoms with van der Waals surface area (Å²) in [4.78, 5) is 20.6. The minimum absolute atomic E-state index is 0.141. The molecule has 0 aliphatic rings. The van der Waals surface area contributed by atoms with Gasteiger partial charge in [-0.25, -0.2) is 9.97 Å². The van der Waals surface area contributed by atoms with Crippen LogP contribution in [0.25, 0.3) is 22.1 Å². The zero-order valence-corrected chi connectivity index (χ0v) is 15.3. The Morgan fingerprint density at radius 1 is 1.23 bits per heavy atom. The molecule has 0 fully saturated rings. The normalized spacial score (nSPS) is 11.2. The average molecular weight is 385 g/mol. The van der Waals surface area contributed by atoms with Gasteiger partial charge in [0, 0.05) is 18.6 Å². The van der Waals surface area contributed by atoms with Gasteiger partial charge in [0.25, 0.3) is 0 Å². The number of carbonyl (C=O) groups is 1. The van der Waals surface area contributed by atoms with E-state index < -0.39 is 0 Å². The smallest absolute Gasteiger partial charge is 0.234 e. The van der Waals surface area contributed by atoms with Gasteiger partial charge < -0.3 is 9.88 Å². The molecule has 1 amide bonds. The lowest BCUT2D eigenvalue weighted by atomic mass is 10.2. The van der Waals surface area contributed by atoms with E-state index in [2.05, 4.69) is 25.5 Å².